The summed E-state index contributed by atoms with van der Waals surface area (Å²) in [5.74, 6) is 0.128. The SMILES string of the molecule is C=CCN(Cc1ccc(Cl)s1)C(=O)CCNC. The fourth-order valence-corrected chi connectivity index (χ4v) is 2.53. The molecule has 0 aliphatic heterocycles. The first-order valence-electron chi connectivity index (χ1n) is 5.45. The van der Waals surface area contributed by atoms with Crippen molar-refractivity contribution in [2.75, 3.05) is 20.1 Å². The third-order valence-corrected chi connectivity index (χ3v) is 3.48. The summed E-state index contributed by atoms with van der Waals surface area (Å²) in [6.07, 6.45) is 2.25. The number of nitrogens with zero attached hydrogens (tertiary/aromatic N) is 1. The zero-order chi connectivity index (χ0) is 12.7. The molecule has 0 spiro atoms. The van der Waals surface area contributed by atoms with Crippen LogP contribution in [0.25, 0.3) is 0 Å². The molecule has 0 saturated carbocycles. The van der Waals surface area contributed by atoms with Crippen molar-refractivity contribution in [1.29, 1.82) is 0 Å². The minimum atomic E-state index is 0.128. The fraction of sp³-hybridized carbons (Fsp3) is 0.417. The zero-order valence-electron chi connectivity index (χ0n) is 9.91. The molecule has 0 radical (unpaired) electrons. The first kappa shape index (κ1) is 14.2. The Morgan fingerprint density at radius 2 is 2.41 bits per heavy atom. The average Bonchev–Trinajstić information content (AvgIpc) is 2.71. The second kappa shape index (κ2) is 7.48. The molecule has 0 fully saturated rings. The summed E-state index contributed by atoms with van der Waals surface area (Å²) in [4.78, 5) is 14.8. The lowest BCUT2D eigenvalue weighted by Crippen LogP contribution is -2.32. The summed E-state index contributed by atoms with van der Waals surface area (Å²) in [6.45, 7) is 5.54. The number of nitrogens with one attached hydrogen (secondary N) is 1. The van der Waals surface area contributed by atoms with E-state index in [1.807, 2.05) is 19.2 Å². The molecule has 0 saturated heterocycles. The molecule has 1 heterocycles. The lowest BCUT2D eigenvalue weighted by atomic mass is 10.3. The van der Waals surface area contributed by atoms with Crippen LogP contribution in [0.1, 0.15) is 11.3 Å². The number of carbonyl (C=O) groups is 1. The van der Waals surface area contributed by atoms with Gasteiger partial charge >= 0.3 is 0 Å². The van der Waals surface area contributed by atoms with Gasteiger partial charge in [0.15, 0.2) is 0 Å². The molecule has 1 N–H and O–H groups in total. The van der Waals surface area contributed by atoms with Crippen molar-refractivity contribution < 1.29 is 4.79 Å². The number of amides is 1. The molecule has 0 aliphatic rings. The van der Waals surface area contributed by atoms with Crippen molar-refractivity contribution in [2.24, 2.45) is 0 Å². The van der Waals surface area contributed by atoms with Crippen LogP contribution < -0.4 is 5.32 Å². The van der Waals surface area contributed by atoms with E-state index in [2.05, 4.69) is 11.9 Å². The zero-order valence-corrected chi connectivity index (χ0v) is 11.5. The van der Waals surface area contributed by atoms with Crippen LogP contribution in [0, 0.1) is 0 Å². The van der Waals surface area contributed by atoms with Crippen LogP contribution in [0.15, 0.2) is 24.8 Å². The van der Waals surface area contributed by atoms with Crippen molar-refractivity contribution >= 4 is 28.8 Å². The summed E-state index contributed by atoms with van der Waals surface area (Å²) >= 11 is 7.37. The topological polar surface area (TPSA) is 32.3 Å². The Hall–Kier alpha value is -0.840. The maximum atomic E-state index is 11.9. The van der Waals surface area contributed by atoms with E-state index < -0.39 is 0 Å². The van der Waals surface area contributed by atoms with Gasteiger partial charge in [0.25, 0.3) is 0 Å². The second-order valence-electron chi connectivity index (χ2n) is 3.62. The predicted molar refractivity (Wildman–Crippen MR) is 73.5 cm³/mol. The number of hydrogen-bond donors (Lipinski definition) is 1. The van der Waals surface area contributed by atoms with Crippen molar-refractivity contribution in [3.63, 3.8) is 0 Å². The molecule has 17 heavy (non-hydrogen) atoms. The molecule has 1 rings (SSSR count). The molecule has 0 aliphatic carbocycles. The highest BCUT2D eigenvalue weighted by atomic mass is 35.5. The summed E-state index contributed by atoms with van der Waals surface area (Å²) in [6, 6.07) is 3.81. The Morgan fingerprint density at radius 3 is 2.94 bits per heavy atom. The molecule has 1 aromatic heterocycles. The lowest BCUT2D eigenvalue weighted by Gasteiger charge is -2.20. The van der Waals surface area contributed by atoms with Crippen LogP contribution >= 0.6 is 22.9 Å². The van der Waals surface area contributed by atoms with Gasteiger partial charge in [-0.15, -0.1) is 17.9 Å². The fourth-order valence-electron chi connectivity index (χ4n) is 1.43. The van der Waals surface area contributed by atoms with Crippen LogP contribution in [0.5, 0.6) is 0 Å². The van der Waals surface area contributed by atoms with E-state index in [0.717, 1.165) is 9.21 Å². The van der Waals surface area contributed by atoms with Crippen LogP contribution in [-0.2, 0) is 11.3 Å². The smallest absolute Gasteiger partial charge is 0.224 e. The van der Waals surface area contributed by atoms with Gasteiger partial charge in [-0.05, 0) is 19.2 Å². The van der Waals surface area contributed by atoms with Crippen LogP contribution in [0.3, 0.4) is 0 Å². The molecule has 1 amide bonds. The molecular weight excluding hydrogens is 256 g/mol. The van der Waals surface area contributed by atoms with Gasteiger partial charge in [0.05, 0.1) is 10.9 Å². The van der Waals surface area contributed by atoms with Crippen LogP contribution in [0.4, 0.5) is 0 Å². The quantitative estimate of drug-likeness (QED) is 0.774. The molecule has 5 heteroatoms. The van der Waals surface area contributed by atoms with Crippen molar-refractivity contribution in [1.82, 2.24) is 10.2 Å². The summed E-state index contributed by atoms with van der Waals surface area (Å²) in [7, 11) is 1.84. The van der Waals surface area contributed by atoms with Crippen molar-refractivity contribution in [3.05, 3.63) is 34.0 Å². The lowest BCUT2D eigenvalue weighted by molar-refractivity contribution is -0.131. The molecule has 0 bridgehead atoms. The second-order valence-corrected chi connectivity index (χ2v) is 5.42. The molecular formula is C12H17ClN2OS. The third-order valence-electron chi connectivity index (χ3n) is 2.27. The monoisotopic (exact) mass is 272 g/mol. The minimum absolute atomic E-state index is 0.128. The molecule has 3 nitrogen and oxygen atoms in total. The van der Waals surface area contributed by atoms with Gasteiger partial charge in [-0.1, -0.05) is 17.7 Å². The van der Waals surface area contributed by atoms with Gasteiger partial charge < -0.3 is 10.2 Å². The Labute approximate surface area is 111 Å². The standard InChI is InChI=1S/C12H17ClN2OS/c1-3-8-15(12(16)6-7-14-2)9-10-4-5-11(13)17-10/h3-5,14H,1,6-9H2,2H3. The van der Waals surface area contributed by atoms with Crippen LogP contribution in [0.2, 0.25) is 4.34 Å². The van der Waals surface area contributed by atoms with E-state index in [-0.39, 0.29) is 5.91 Å². The number of hydrogen-bond acceptors (Lipinski definition) is 3. The number of carbonyl (C=O) groups excluding carboxylic acids is 1. The van der Waals surface area contributed by atoms with E-state index in [1.54, 1.807) is 11.0 Å². The van der Waals surface area contributed by atoms with E-state index in [4.69, 9.17) is 11.6 Å². The van der Waals surface area contributed by atoms with Crippen molar-refractivity contribution in [2.45, 2.75) is 13.0 Å². The molecule has 0 atom stereocenters. The van der Waals surface area contributed by atoms with E-state index in [0.29, 0.717) is 26.1 Å². The van der Waals surface area contributed by atoms with Gasteiger partial charge in [-0.25, -0.2) is 0 Å². The number of halogens is 1. The van der Waals surface area contributed by atoms with E-state index in [9.17, 15) is 4.79 Å². The van der Waals surface area contributed by atoms with E-state index >= 15 is 0 Å². The first-order valence-corrected chi connectivity index (χ1v) is 6.64. The normalized spacial score (nSPS) is 10.2. The molecule has 94 valence electrons. The van der Waals surface area contributed by atoms with Gasteiger partial charge in [0, 0.05) is 24.4 Å². The molecule has 0 aromatic carbocycles. The highest BCUT2D eigenvalue weighted by Gasteiger charge is 2.12. The first-order chi connectivity index (χ1) is 8.17. The summed E-state index contributed by atoms with van der Waals surface area (Å²) in [5, 5.41) is 2.97. The number of rotatable bonds is 7. The third kappa shape index (κ3) is 4.89. The summed E-state index contributed by atoms with van der Waals surface area (Å²) in [5.41, 5.74) is 0. The molecule has 0 unspecified atom stereocenters. The average molecular weight is 273 g/mol. The van der Waals surface area contributed by atoms with Gasteiger partial charge in [-0.2, -0.15) is 0 Å². The van der Waals surface area contributed by atoms with Crippen LogP contribution in [-0.4, -0.2) is 30.9 Å². The highest BCUT2D eigenvalue weighted by molar-refractivity contribution is 7.16. The van der Waals surface area contributed by atoms with Gasteiger partial charge in [-0.3, -0.25) is 4.79 Å². The number of thiophene rings is 1. The van der Waals surface area contributed by atoms with Gasteiger partial charge in [0.1, 0.15) is 0 Å². The Balaban J connectivity index is 2.58. The maximum Gasteiger partial charge on any atom is 0.224 e. The minimum Gasteiger partial charge on any atom is -0.334 e. The summed E-state index contributed by atoms with van der Waals surface area (Å²) < 4.78 is 0.751. The predicted octanol–water partition coefficient (Wildman–Crippen LogP) is 2.53. The Bertz CT molecular complexity index is 378. The molecule has 1 aromatic rings. The Morgan fingerprint density at radius 1 is 1.65 bits per heavy atom. The largest absolute Gasteiger partial charge is 0.334 e. The van der Waals surface area contributed by atoms with Gasteiger partial charge in [0.2, 0.25) is 5.91 Å². The van der Waals surface area contributed by atoms with E-state index in [1.165, 1.54) is 11.3 Å². The van der Waals surface area contributed by atoms with Crippen molar-refractivity contribution in [3.8, 4) is 0 Å². The highest BCUT2D eigenvalue weighted by Crippen LogP contribution is 2.22. The Kier molecular flexibility index (Phi) is 6.26. The maximum absolute atomic E-state index is 11.9.